The molecule has 0 unspecified atom stereocenters. The third kappa shape index (κ3) is 4.88. The molecule has 2 heterocycles. The maximum Gasteiger partial charge on any atom is 0.234 e. The number of aromatic nitrogens is 5. The van der Waals surface area contributed by atoms with E-state index in [0.29, 0.717) is 22.2 Å². The van der Waals surface area contributed by atoms with Gasteiger partial charge in [-0.2, -0.15) is 10.4 Å². The molecule has 33 heavy (non-hydrogen) atoms. The summed E-state index contributed by atoms with van der Waals surface area (Å²) < 4.78 is 8.91. The summed E-state index contributed by atoms with van der Waals surface area (Å²) in [5.74, 6) is 1.34. The maximum absolute atomic E-state index is 12.4. The van der Waals surface area contributed by atoms with Crippen LogP contribution < -0.4 is 10.1 Å². The van der Waals surface area contributed by atoms with Crippen LogP contribution in [-0.2, 0) is 18.9 Å². The second kappa shape index (κ2) is 9.58. The van der Waals surface area contributed by atoms with E-state index in [1.165, 1.54) is 11.8 Å². The average molecular weight is 460 g/mol. The number of carbonyl (C=O) groups excluding carboxylic acids is 1. The Bertz CT molecular complexity index is 1350. The molecule has 166 valence electrons. The number of nitriles is 1. The SMILES string of the molecule is COc1cccc(-c2nn(C)cc2-c2nnc(SCC(=O)Nc3cccc(C#N)c3)n2C)c1. The fourth-order valence-corrected chi connectivity index (χ4v) is 4.02. The molecular formula is C23H21N7O2S. The highest BCUT2D eigenvalue weighted by Crippen LogP contribution is 2.32. The number of amides is 1. The van der Waals surface area contributed by atoms with E-state index in [2.05, 4.69) is 26.7 Å². The second-order valence-electron chi connectivity index (χ2n) is 7.19. The molecule has 0 aliphatic rings. The minimum atomic E-state index is -0.196. The molecule has 1 N–H and O–H groups in total. The van der Waals surface area contributed by atoms with Crippen molar-refractivity contribution in [3.8, 4) is 34.5 Å². The quantitative estimate of drug-likeness (QED) is 0.421. The number of nitrogens with zero attached hydrogens (tertiary/aromatic N) is 6. The van der Waals surface area contributed by atoms with Crippen molar-refractivity contribution in [1.29, 1.82) is 5.26 Å². The van der Waals surface area contributed by atoms with E-state index >= 15 is 0 Å². The summed E-state index contributed by atoms with van der Waals surface area (Å²) in [6.45, 7) is 0. The highest BCUT2D eigenvalue weighted by Gasteiger charge is 2.20. The first kappa shape index (κ1) is 22.1. The molecule has 0 spiro atoms. The zero-order valence-corrected chi connectivity index (χ0v) is 19.1. The van der Waals surface area contributed by atoms with E-state index in [1.807, 2.05) is 49.1 Å². The van der Waals surface area contributed by atoms with Crippen molar-refractivity contribution < 1.29 is 9.53 Å². The van der Waals surface area contributed by atoms with Crippen LogP contribution in [0.1, 0.15) is 5.56 Å². The third-order valence-corrected chi connectivity index (χ3v) is 5.88. The van der Waals surface area contributed by atoms with Crippen molar-refractivity contribution >= 4 is 23.4 Å². The number of anilines is 1. The predicted octanol–water partition coefficient (Wildman–Crippen LogP) is 3.49. The lowest BCUT2D eigenvalue weighted by Gasteiger charge is -2.07. The summed E-state index contributed by atoms with van der Waals surface area (Å²) in [4.78, 5) is 12.4. The lowest BCUT2D eigenvalue weighted by atomic mass is 10.1. The van der Waals surface area contributed by atoms with Crippen molar-refractivity contribution in [3.05, 3.63) is 60.3 Å². The second-order valence-corrected chi connectivity index (χ2v) is 8.13. The molecule has 0 radical (unpaired) electrons. The van der Waals surface area contributed by atoms with Crippen LogP contribution in [0.15, 0.2) is 59.9 Å². The van der Waals surface area contributed by atoms with Gasteiger partial charge in [-0.05, 0) is 30.3 Å². The predicted molar refractivity (Wildman–Crippen MR) is 126 cm³/mol. The van der Waals surface area contributed by atoms with Gasteiger partial charge in [0.2, 0.25) is 5.91 Å². The monoisotopic (exact) mass is 459 g/mol. The van der Waals surface area contributed by atoms with Crippen LogP contribution in [0.25, 0.3) is 22.6 Å². The van der Waals surface area contributed by atoms with E-state index in [-0.39, 0.29) is 11.7 Å². The summed E-state index contributed by atoms with van der Waals surface area (Å²) in [6.07, 6.45) is 1.89. The summed E-state index contributed by atoms with van der Waals surface area (Å²) in [5.41, 5.74) is 3.56. The van der Waals surface area contributed by atoms with E-state index < -0.39 is 0 Å². The van der Waals surface area contributed by atoms with Crippen LogP contribution in [0.5, 0.6) is 5.75 Å². The number of hydrogen-bond acceptors (Lipinski definition) is 7. The average Bonchev–Trinajstić information content (AvgIpc) is 3.39. The van der Waals surface area contributed by atoms with Gasteiger partial charge in [-0.3, -0.25) is 9.48 Å². The highest BCUT2D eigenvalue weighted by molar-refractivity contribution is 7.99. The molecule has 4 aromatic rings. The van der Waals surface area contributed by atoms with Gasteiger partial charge in [0.1, 0.15) is 11.4 Å². The topological polar surface area (TPSA) is 111 Å². The number of benzene rings is 2. The van der Waals surface area contributed by atoms with Gasteiger partial charge in [0.15, 0.2) is 11.0 Å². The zero-order chi connectivity index (χ0) is 23.4. The van der Waals surface area contributed by atoms with Crippen molar-refractivity contribution in [2.75, 3.05) is 18.2 Å². The van der Waals surface area contributed by atoms with E-state index in [1.54, 1.807) is 36.1 Å². The standard InChI is InChI=1S/C23H21N7O2S/c1-29-13-19(21(28-29)16-7-5-9-18(11-16)32-3)22-26-27-23(30(22)2)33-14-20(31)25-17-8-4-6-15(10-17)12-24/h4-11,13H,14H2,1-3H3,(H,25,31). The molecular weight excluding hydrogens is 438 g/mol. The van der Waals surface area contributed by atoms with Gasteiger partial charge in [0.05, 0.1) is 30.1 Å². The first-order chi connectivity index (χ1) is 16.0. The number of ether oxygens (including phenoxy) is 1. The Morgan fingerprint density at radius 2 is 2.00 bits per heavy atom. The molecule has 0 bridgehead atoms. The van der Waals surface area contributed by atoms with Gasteiger partial charge in [-0.25, -0.2) is 0 Å². The summed E-state index contributed by atoms with van der Waals surface area (Å²) in [6, 6.07) is 16.5. The van der Waals surface area contributed by atoms with Crippen molar-refractivity contribution in [2.24, 2.45) is 14.1 Å². The van der Waals surface area contributed by atoms with Gasteiger partial charge < -0.3 is 14.6 Å². The van der Waals surface area contributed by atoms with Gasteiger partial charge in [0.25, 0.3) is 0 Å². The maximum atomic E-state index is 12.4. The molecule has 4 rings (SSSR count). The van der Waals surface area contributed by atoms with Crippen LogP contribution in [0.4, 0.5) is 5.69 Å². The fourth-order valence-electron chi connectivity index (χ4n) is 3.30. The Labute approximate surface area is 195 Å². The minimum Gasteiger partial charge on any atom is -0.497 e. The Balaban J connectivity index is 1.51. The number of carbonyl (C=O) groups is 1. The van der Waals surface area contributed by atoms with Crippen LogP contribution in [-0.4, -0.2) is 43.3 Å². The number of rotatable bonds is 7. The minimum absolute atomic E-state index is 0.151. The number of methoxy groups -OCH3 is 1. The molecule has 2 aromatic heterocycles. The number of hydrogen-bond donors (Lipinski definition) is 1. The summed E-state index contributed by atoms with van der Waals surface area (Å²) >= 11 is 1.28. The summed E-state index contributed by atoms with van der Waals surface area (Å²) in [7, 11) is 5.33. The summed E-state index contributed by atoms with van der Waals surface area (Å²) in [5, 5.41) is 25.6. The fraction of sp³-hybridized carbons (Fsp3) is 0.174. The number of aryl methyl sites for hydroxylation is 1. The molecule has 0 aliphatic carbocycles. The molecule has 0 aliphatic heterocycles. The molecule has 2 aromatic carbocycles. The molecule has 0 saturated heterocycles. The zero-order valence-electron chi connectivity index (χ0n) is 18.3. The molecule has 0 saturated carbocycles. The lowest BCUT2D eigenvalue weighted by Crippen LogP contribution is -2.14. The lowest BCUT2D eigenvalue weighted by molar-refractivity contribution is -0.113. The Morgan fingerprint density at radius 1 is 1.18 bits per heavy atom. The largest absolute Gasteiger partial charge is 0.497 e. The van der Waals surface area contributed by atoms with E-state index in [4.69, 9.17) is 10.00 Å². The number of thioether (sulfide) groups is 1. The molecule has 0 atom stereocenters. The van der Waals surface area contributed by atoms with Crippen molar-refractivity contribution in [3.63, 3.8) is 0 Å². The normalized spacial score (nSPS) is 10.6. The van der Waals surface area contributed by atoms with Gasteiger partial charge in [-0.15, -0.1) is 10.2 Å². The molecule has 0 fully saturated rings. The van der Waals surface area contributed by atoms with Crippen LogP contribution >= 0.6 is 11.8 Å². The molecule has 9 nitrogen and oxygen atoms in total. The van der Waals surface area contributed by atoms with Crippen LogP contribution in [0.3, 0.4) is 0 Å². The first-order valence-electron chi connectivity index (χ1n) is 9.99. The highest BCUT2D eigenvalue weighted by atomic mass is 32.2. The van der Waals surface area contributed by atoms with Gasteiger partial charge in [0, 0.05) is 31.5 Å². The number of nitrogens with one attached hydrogen (secondary N) is 1. The Morgan fingerprint density at radius 3 is 2.79 bits per heavy atom. The van der Waals surface area contributed by atoms with Crippen molar-refractivity contribution in [1.82, 2.24) is 24.5 Å². The van der Waals surface area contributed by atoms with Crippen LogP contribution in [0.2, 0.25) is 0 Å². The van der Waals surface area contributed by atoms with Crippen molar-refractivity contribution in [2.45, 2.75) is 5.16 Å². The van der Waals surface area contributed by atoms with Gasteiger partial charge in [-0.1, -0.05) is 30.0 Å². The van der Waals surface area contributed by atoms with Gasteiger partial charge >= 0.3 is 0 Å². The van der Waals surface area contributed by atoms with Crippen LogP contribution in [0, 0.1) is 11.3 Å². The van der Waals surface area contributed by atoms with E-state index in [9.17, 15) is 4.79 Å². The Kier molecular flexibility index (Phi) is 6.42. The Hall–Kier alpha value is -4.10. The third-order valence-electron chi connectivity index (χ3n) is 4.86. The first-order valence-corrected chi connectivity index (χ1v) is 11.0. The molecule has 10 heteroatoms. The molecule has 1 amide bonds. The van der Waals surface area contributed by atoms with E-state index in [0.717, 1.165) is 22.6 Å². The smallest absolute Gasteiger partial charge is 0.234 e.